The Morgan fingerprint density at radius 1 is 1.44 bits per heavy atom. The van der Waals surface area contributed by atoms with E-state index in [1.807, 2.05) is 18.2 Å². The highest BCUT2D eigenvalue weighted by Crippen LogP contribution is 2.48. The molecule has 2 nitrogen and oxygen atoms in total. The predicted molar refractivity (Wildman–Crippen MR) is 68.4 cm³/mol. The largest absolute Gasteiger partial charge is 0.495 e. The molecule has 0 amide bonds. The van der Waals surface area contributed by atoms with Gasteiger partial charge >= 0.3 is 0 Å². The Hall–Kier alpha value is -0.890. The minimum absolute atomic E-state index is 0.465. The van der Waals surface area contributed by atoms with E-state index in [-0.39, 0.29) is 0 Å². The van der Waals surface area contributed by atoms with Crippen molar-refractivity contribution in [3.8, 4) is 5.75 Å². The molecular formula is C13H18ClNO. The lowest BCUT2D eigenvalue weighted by Gasteiger charge is -2.22. The molecule has 88 valence electrons. The molecule has 1 N–H and O–H groups in total. The smallest absolute Gasteiger partial charge is 0.137 e. The molecule has 1 fully saturated rings. The van der Waals surface area contributed by atoms with Gasteiger partial charge in [-0.2, -0.15) is 0 Å². The Kier molecular flexibility index (Phi) is 3.02. The fourth-order valence-electron chi connectivity index (χ4n) is 1.81. The van der Waals surface area contributed by atoms with E-state index in [1.165, 1.54) is 12.8 Å². The van der Waals surface area contributed by atoms with Crippen molar-refractivity contribution in [3.63, 3.8) is 0 Å². The van der Waals surface area contributed by atoms with Crippen LogP contribution in [0.15, 0.2) is 18.2 Å². The fourth-order valence-corrected chi connectivity index (χ4v) is 2.07. The summed E-state index contributed by atoms with van der Waals surface area (Å²) in [6.07, 6.45) is 2.62. The third-order valence-corrected chi connectivity index (χ3v) is 3.91. The Morgan fingerprint density at radius 2 is 2.12 bits per heavy atom. The van der Waals surface area contributed by atoms with Crippen LogP contribution in [0.1, 0.15) is 26.7 Å². The number of ether oxygens (including phenoxy) is 1. The van der Waals surface area contributed by atoms with Gasteiger partial charge in [0, 0.05) is 11.7 Å². The van der Waals surface area contributed by atoms with Gasteiger partial charge in [0.15, 0.2) is 0 Å². The van der Waals surface area contributed by atoms with Crippen molar-refractivity contribution < 1.29 is 4.74 Å². The maximum Gasteiger partial charge on any atom is 0.137 e. The quantitative estimate of drug-likeness (QED) is 0.859. The summed E-state index contributed by atoms with van der Waals surface area (Å²) in [4.78, 5) is 0. The standard InChI is InChI=1S/C13H18ClNO/c1-9(13(2)6-7-13)15-10-4-5-12(16-3)11(14)8-10/h4-5,8-9,15H,6-7H2,1-3H3. The molecule has 1 atom stereocenters. The second kappa shape index (κ2) is 4.17. The molecule has 1 aliphatic rings. The number of hydrogen-bond donors (Lipinski definition) is 1. The molecule has 0 saturated heterocycles. The summed E-state index contributed by atoms with van der Waals surface area (Å²) in [5, 5.41) is 4.15. The van der Waals surface area contributed by atoms with Crippen LogP contribution in [-0.2, 0) is 0 Å². The molecule has 0 aromatic heterocycles. The normalized spacial score (nSPS) is 19.0. The molecular weight excluding hydrogens is 222 g/mol. The predicted octanol–water partition coefficient (Wildman–Crippen LogP) is 3.95. The summed E-state index contributed by atoms with van der Waals surface area (Å²) in [5.74, 6) is 0.720. The van der Waals surface area contributed by atoms with E-state index in [0.717, 1.165) is 11.4 Å². The maximum atomic E-state index is 6.08. The monoisotopic (exact) mass is 239 g/mol. The molecule has 1 unspecified atom stereocenters. The van der Waals surface area contributed by atoms with Crippen LogP contribution in [0.25, 0.3) is 0 Å². The average molecular weight is 240 g/mol. The lowest BCUT2D eigenvalue weighted by molar-refractivity contribution is 0.415. The van der Waals surface area contributed by atoms with E-state index >= 15 is 0 Å². The van der Waals surface area contributed by atoms with Crippen LogP contribution < -0.4 is 10.1 Å². The van der Waals surface area contributed by atoms with Crippen LogP contribution in [0, 0.1) is 5.41 Å². The van der Waals surface area contributed by atoms with Gasteiger partial charge in [-0.25, -0.2) is 0 Å². The van der Waals surface area contributed by atoms with Crippen molar-refractivity contribution in [2.75, 3.05) is 12.4 Å². The molecule has 0 bridgehead atoms. The molecule has 0 heterocycles. The number of methoxy groups -OCH3 is 1. The molecule has 0 radical (unpaired) electrons. The first-order valence-corrected chi connectivity index (χ1v) is 6.03. The average Bonchev–Trinajstić information content (AvgIpc) is 2.98. The summed E-state index contributed by atoms with van der Waals surface area (Å²) in [5.41, 5.74) is 1.53. The van der Waals surface area contributed by atoms with Crippen molar-refractivity contribution in [1.29, 1.82) is 0 Å². The van der Waals surface area contributed by atoms with Gasteiger partial charge in [0.05, 0.1) is 12.1 Å². The number of halogens is 1. The van der Waals surface area contributed by atoms with Crippen molar-refractivity contribution in [2.45, 2.75) is 32.7 Å². The second-order valence-corrected chi connectivity index (χ2v) is 5.28. The molecule has 1 saturated carbocycles. The van der Waals surface area contributed by atoms with E-state index < -0.39 is 0 Å². The van der Waals surface area contributed by atoms with Crippen molar-refractivity contribution in [1.82, 2.24) is 0 Å². The zero-order valence-electron chi connectivity index (χ0n) is 10.0. The van der Waals surface area contributed by atoms with Crippen molar-refractivity contribution >= 4 is 17.3 Å². The number of nitrogens with one attached hydrogen (secondary N) is 1. The molecule has 1 aromatic rings. The fraction of sp³-hybridized carbons (Fsp3) is 0.538. The van der Waals surface area contributed by atoms with Gasteiger partial charge in [-0.1, -0.05) is 18.5 Å². The highest BCUT2D eigenvalue weighted by atomic mass is 35.5. The number of rotatable bonds is 4. The Balaban J connectivity index is 2.07. The first-order chi connectivity index (χ1) is 7.55. The van der Waals surface area contributed by atoms with E-state index in [4.69, 9.17) is 16.3 Å². The van der Waals surface area contributed by atoms with E-state index in [9.17, 15) is 0 Å². The van der Waals surface area contributed by atoms with Gasteiger partial charge in [-0.15, -0.1) is 0 Å². The minimum Gasteiger partial charge on any atom is -0.495 e. The summed E-state index contributed by atoms with van der Waals surface area (Å²) in [6, 6.07) is 6.30. The maximum absolute atomic E-state index is 6.08. The van der Waals surface area contributed by atoms with E-state index in [2.05, 4.69) is 19.2 Å². The zero-order valence-corrected chi connectivity index (χ0v) is 10.8. The van der Waals surface area contributed by atoms with Crippen LogP contribution >= 0.6 is 11.6 Å². The minimum atomic E-state index is 0.465. The second-order valence-electron chi connectivity index (χ2n) is 4.87. The van der Waals surface area contributed by atoms with Gasteiger partial charge in [0.1, 0.15) is 5.75 Å². The Morgan fingerprint density at radius 3 is 2.62 bits per heavy atom. The lowest BCUT2D eigenvalue weighted by Crippen LogP contribution is -2.24. The molecule has 1 aliphatic carbocycles. The molecule has 1 aromatic carbocycles. The first-order valence-electron chi connectivity index (χ1n) is 5.65. The molecule has 2 rings (SSSR count). The van der Waals surface area contributed by atoms with Gasteiger partial charge in [0.25, 0.3) is 0 Å². The van der Waals surface area contributed by atoms with Crippen LogP contribution in [0.5, 0.6) is 5.75 Å². The first kappa shape index (κ1) is 11.6. The van der Waals surface area contributed by atoms with Crippen LogP contribution in [0.4, 0.5) is 5.69 Å². The van der Waals surface area contributed by atoms with Gasteiger partial charge in [-0.3, -0.25) is 0 Å². The highest BCUT2D eigenvalue weighted by molar-refractivity contribution is 6.32. The van der Waals surface area contributed by atoms with Crippen molar-refractivity contribution in [3.05, 3.63) is 23.2 Å². The molecule has 3 heteroatoms. The van der Waals surface area contributed by atoms with Crippen molar-refractivity contribution in [2.24, 2.45) is 5.41 Å². The summed E-state index contributed by atoms with van der Waals surface area (Å²) in [7, 11) is 1.63. The number of hydrogen-bond acceptors (Lipinski definition) is 2. The van der Waals surface area contributed by atoms with Gasteiger partial charge in [-0.05, 0) is 43.4 Å². The van der Waals surface area contributed by atoms with Gasteiger partial charge < -0.3 is 10.1 Å². The Bertz CT molecular complexity index is 388. The number of benzene rings is 1. The zero-order chi connectivity index (χ0) is 11.8. The summed E-state index contributed by atoms with van der Waals surface area (Å²) < 4.78 is 5.12. The lowest BCUT2D eigenvalue weighted by atomic mass is 10.0. The van der Waals surface area contributed by atoms with E-state index in [0.29, 0.717) is 16.5 Å². The SMILES string of the molecule is COc1ccc(NC(C)C2(C)CC2)cc1Cl. The molecule has 0 spiro atoms. The third kappa shape index (κ3) is 2.27. The summed E-state index contributed by atoms with van der Waals surface area (Å²) >= 11 is 6.08. The topological polar surface area (TPSA) is 21.3 Å². The molecule has 16 heavy (non-hydrogen) atoms. The Labute approximate surface area is 102 Å². The van der Waals surface area contributed by atoms with E-state index in [1.54, 1.807) is 7.11 Å². The van der Waals surface area contributed by atoms with Crippen LogP contribution in [-0.4, -0.2) is 13.2 Å². The third-order valence-electron chi connectivity index (χ3n) is 3.62. The van der Waals surface area contributed by atoms with Crippen LogP contribution in [0.3, 0.4) is 0 Å². The van der Waals surface area contributed by atoms with Crippen LogP contribution in [0.2, 0.25) is 5.02 Å². The van der Waals surface area contributed by atoms with Gasteiger partial charge in [0.2, 0.25) is 0 Å². The molecule has 0 aliphatic heterocycles. The summed E-state index contributed by atoms with van der Waals surface area (Å²) in [6.45, 7) is 4.54. The highest BCUT2D eigenvalue weighted by Gasteiger charge is 2.42. The number of anilines is 1.